The summed E-state index contributed by atoms with van der Waals surface area (Å²) in [6.45, 7) is 4.05. The van der Waals surface area contributed by atoms with Crippen LogP contribution in [0.3, 0.4) is 0 Å². The molecule has 1 nitrogen and oxygen atoms in total. The summed E-state index contributed by atoms with van der Waals surface area (Å²) in [6, 6.07) is 5.57. The number of hydrogen-bond donors (Lipinski definition) is 1. The molecule has 1 aliphatic heterocycles. The highest BCUT2D eigenvalue weighted by atomic mass is 35.5. The van der Waals surface area contributed by atoms with Crippen molar-refractivity contribution < 1.29 is 4.39 Å². The smallest absolute Gasteiger partial charge is 0.126 e. The van der Waals surface area contributed by atoms with Crippen molar-refractivity contribution in [2.75, 3.05) is 13.1 Å². The zero-order valence-electron chi connectivity index (χ0n) is 8.72. The standard InChI is InChI=1S/C12H14FN.ClH/c1-8-4-9(2-3-11(8)13)12-5-10(12)6-14-7-12;/h2-4,10,14H,5-7H2,1H3;1H. The summed E-state index contributed by atoms with van der Waals surface area (Å²) in [5.41, 5.74) is 2.46. The fourth-order valence-corrected chi connectivity index (χ4v) is 2.74. The summed E-state index contributed by atoms with van der Waals surface area (Å²) in [4.78, 5) is 0. The van der Waals surface area contributed by atoms with Crippen molar-refractivity contribution in [3.05, 3.63) is 35.1 Å². The molecule has 3 heteroatoms. The van der Waals surface area contributed by atoms with Crippen molar-refractivity contribution in [3.8, 4) is 0 Å². The van der Waals surface area contributed by atoms with Gasteiger partial charge in [-0.3, -0.25) is 0 Å². The van der Waals surface area contributed by atoms with Gasteiger partial charge in [-0.05, 0) is 43.0 Å². The van der Waals surface area contributed by atoms with E-state index in [1.54, 1.807) is 6.07 Å². The Bertz CT molecular complexity index is 393. The number of aryl methyl sites for hydroxylation is 1. The Balaban J connectivity index is 0.000000853. The third kappa shape index (κ3) is 1.47. The van der Waals surface area contributed by atoms with E-state index in [9.17, 15) is 4.39 Å². The first-order chi connectivity index (χ1) is 6.72. The monoisotopic (exact) mass is 227 g/mol. The molecular weight excluding hydrogens is 213 g/mol. The van der Waals surface area contributed by atoms with Crippen LogP contribution < -0.4 is 5.32 Å². The first kappa shape index (κ1) is 10.9. The van der Waals surface area contributed by atoms with Gasteiger partial charge >= 0.3 is 0 Å². The predicted molar refractivity (Wildman–Crippen MR) is 61.0 cm³/mol. The summed E-state index contributed by atoms with van der Waals surface area (Å²) in [5.74, 6) is 0.709. The third-order valence-corrected chi connectivity index (χ3v) is 3.80. The summed E-state index contributed by atoms with van der Waals surface area (Å²) in [7, 11) is 0. The molecule has 2 fully saturated rings. The van der Waals surface area contributed by atoms with Crippen LogP contribution in [0, 0.1) is 18.7 Å². The van der Waals surface area contributed by atoms with Gasteiger partial charge < -0.3 is 5.32 Å². The highest BCUT2D eigenvalue weighted by molar-refractivity contribution is 5.85. The van der Waals surface area contributed by atoms with Crippen LogP contribution >= 0.6 is 12.4 Å². The van der Waals surface area contributed by atoms with E-state index in [0.29, 0.717) is 5.41 Å². The van der Waals surface area contributed by atoms with Crippen LogP contribution in [0.1, 0.15) is 17.5 Å². The summed E-state index contributed by atoms with van der Waals surface area (Å²) >= 11 is 0. The molecule has 0 bridgehead atoms. The highest BCUT2D eigenvalue weighted by Gasteiger charge is 2.57. The second-order valence-corrected chi connectivity index (χ2v) is 4.65. The van der Waals surface area contributed by atoms with Gasteiger partial charge in [0.2, 0.25) is 0 Å². The topological polar surface area (TPSA) is 12.0 Å². The van der Waals surface area contributed by atoms with E-state index in [1.807, 2.05) is 19.1 Å². The summed E-state index contributed by atoms with van der Waals surface area (Å²) in [5, 5.41) is 3.40. The minimum absolute atomic E-state index is 0. The lowest BCUT2D eigenvalue weighted by Crippen LogP contribution is -2.19. The summed E-state index contributed by atoms with van der Waals surface area (Å²) < 4.78 is 13.1. The fourth-order valence-electron chi connectivity index (χ4n) is 2.74. The van der Waals surface area contributed by atoms with Gasteiger partial charge in [-0.2, -0.15) is 0 Å². The molecule has 1 aliphatic carbocycles. The Labute approximate surface area is 95.5 Å². The predicted octanol–water partition coefficient (Wildman–Crippen LogP) is 2.42. The van der Waals surface area contributed by atoms with Crippen LogP contribution in [-0.4, -0.2) is 13.1 Å². The molecule has 0 aromatic heterocycles. The van der Waals surface area contributed by atoms with Gasteiger partial charge in [-0.1, -0.05) is 12.1 Å². The molecule has 2 unspecified atom stereocenters. The molecule has 2 aliphatic rings. The fraction of sp³-hybridized carbons (Fsp3) is 0.500. The maximum absolute atomic E-state index is 13.1. The largest absolute Gasteiger partial charge is 0.316 e. The lowest BCUT2D eigenvalue weighted by atomic mass is 9.94. The lowest BCUT2D eigenvalue weighted by molar-refractivity contribution is 0.613. The number of hydrogen-bond acceptors (Lipinski definition) is 1. The Morgan fingerprint density at radius 3 is 2.80 bits per heavy atom. The molecule has 2 atom stereocenters. The molecule has 1 saturated heterocycles. The Hall–Kier alpha value is -0.600. The normalized spacial score (nSPS) is 32.0. The molecule has 1 heterocycles. The quantitative estimate of drug-likeness (QED) is 0.777. The van der Waals surface area contributed by atoms with E-state index in [-0.39, 0.29) is 18.2 Å². The lowest BCUT2D eigenvalue weighted by Gasteiger charge is -2.13. The second-order valence-electron chi connectivity index (χ2n) is 4.65. The molecule has 0 radical (unpaired) electrons. The first-order valence-corrected chi connectivity index (χ1v) is 5.20. The van der Waals surface area contributed by atoms with Crippen LogP contribution in [0.2, 0.25) is 0 Å². The highest BCUT2D eigenvalue weighted by Crippen LogP contribution is 2.56. The van der Waals surface area contributed by atoms with Gasteiger partial charge in [-0.25, -0.2) is 4.39 Å². The maximum Gasteiger partial charge on any atom is 0.126 e. The maximum atomic E-state index is 13.1. The Kier molecular flexibility index (Phi) is 2.52. The second kappa shape index (κ2) is 3.46. The molecule has 1 saturated carbocycles. The van der Waals surface area contributed by atoms with Crippen LogP contribution in [0.15, 0.2) is 18.2 Å². The van der Waals surface area contributed by atoms with Crippen molar-refractivity contribution in [3.63, 3.8) is 0 Å². The SMILES string of the molecule is Cc1cc(C23CNCC2C3)ccc1F.Cl. The molecule has 0 spiro atoms. The van der Waals surface area contributed by atoms with E-state index in [2.05, 4.69) is 5.32 Å². The average molecular weight is 228 g/mol. The first-order valence-electron chi connectivity index (χ1n) is 5.20. The molecule has 1 aromatic rings. The number of halogens is 2. The molecule has 3 rings (SSSR count). The van der Waals surface area contributed by atoms with E-state index in [0.717, 1.165) is 24.6 Å². The van der Waals surface area contributed by atoms with E-state index < -0.39 is 0 Å². The van der Waals surface area contributed by atoms with Crippen LogP contribution in [-0.2, 0) is 5.41 Å². The van der Waals surface area contributed by atoms with Gasteiger partial charge in [0, 0.05) is 12.0 Å². The molecule has 0 amide bonds. The zero-order valence-corrected chi connectivity index (χ0v) is 9.53. The van der Waals surface area contributed by atoms with Gasteiger partial charge in [0.25, 0.3) is 0 Å². The molecular formula is C12H15ClFN. The molecule has 1 aromatic carbocycles. The average Bonchev–Trinajstić information content (AvgIpc) is 2.75. The van der Waals surface area contributed by atoms with Crippen molar-refractivity contribution >= 4 is 12.4 Å². The van der Waals surface area contributed by atoms with Crippen molar-refractivity contribution in [1.82, 2.24) is 5.32 Å². The number of benzene rings is 1. The van der Waals surface area contributed by atoms with Crippen molar-refractivity contribution in [2.24, 2.45) is 5.92 Å². The van der Waals surface area contributed by atoms with E-state index >= 15 is 0 Å². The van der Waals surface area contributed by atoms with Crippen LogP contribution in [0.4, 0.5) is 4.39 Å². The minimum Gasteiger partial charge on any atom is -0.316 e. The third-order valence-electron chi connectivity index (χ3n) is 3.80. The molecule has 1 N–H and O–H groups in total. The van der Waals surface area contributed by atoms with Gasteiger partial charge in [0.05, 0.1) is 0 Å². The van der Waals surface area contributed by atoms with Crippen molar-refractivity contribution in [1.29, 1.82) is 0 Å². The minimum atomic E-state index is -0.0895. The van der Waals surface area contributed by atoms with E-state index in [4.69, 9.17) is 0 Å². The van der Waals surface area contributed by atoms with Gasteiger partial charge in [0.15, 0.2) is 0 Å². The molecule has 82 valence electrons. The Morgan fingerprint density at radius 2 is 2.27 bits per heavy atom. The van der Waals surface area contributed by atoms with Crippen LogP contribution in [0.25, 0.3) is 0 Å². The number of rotatable bonds is 1. The van der Waals surface area contributed by atoms with E-state index in [1.165, 1.54) is 12.0 Å². The molecule has 15 heavy (non-hydrogen) atoms. The zero-order chi connectivity index (χ0) is 9.76. The van der Waals surface area contributed by atoms with Crippen LogP contribution in [0.5, 0.6) is 0 Å². The number of fused-ring (bicyclic) bond motifs is 1. The van der Waals surface area contributed by atoms with Gasteiger partial charge in [-0.15, -0.1) is 12.4 Å². The van der Waals surface area contributed by atoms with Gasteiger partial charge in [0.1, 0.15) is 5.82 Å². The Morgan fingerprint density at radius 1 is 1.47 bits per heavy atom. The number of piperidine rings is 1. The summed E-state index contributed by atoms with van der Waals surface area (Å²) in [6.07, 6.45) is 1.28. The number of nitrogens with one attached hydrogen (secondary N) is 1. The van der Waals surface area contributed by atoms with Crippen molar-refractivity contribution in [2.45, 2.75) is 18.8 Å².